The van der Waals surface area contributed by atoms with Gasteiger partial charge in [0.2, 0.25) is 0 Å². The summed E-state index contributed by atoms with van der Waals surface area (Å²) in [5, 5.41) is 3.29. The summed E-state index contributed by atoms with van der Waals surface area (Å²) < 4.78 is 29.9. The topological polar surface area (TPSA) is 21.3 Å². The van der Waals surface area contributed by atoms with E-state index in [4.69, 9.17) is 0 Å². The molecule has 0 bridgehead atoms. The van der Waals surface area contributed by atoms with Crippen molar-refractivity contribution < 1.29 is 13.5 Å². The van der Waals surface area contributed by atoms with Gasteiger partial charge in [-0.2, -0.15) is 8.78 Å². The van der Waals surface area contributed by atoms with Gasteiger partial charge in [-0.1, -0.05) is 22.9 Å². The minimum Gasteiger partial charge on any atom is -0.434 e. The number of alkyl halides is 2. The van der Waals surface area contributed by atoms with E-state index in [1.54, 1.807) is 18.2 Å². The SMILES string of the molecule is CC1CC1CNCc1cc(Br)ccc1OC(F)F. The summed E-state index contributed by atoms with van der Waals surface area (Å²) in [5.74, 6) is 1.76. The second kappa shape index (κ2) is 5.97. The zero-order chi connectivity index (χ0) is 13.1. The van der Waals surface area contributed by atoms with Gasteiger partial charge in [-0.15, -0.1) is 0 Å². The second-order valence-corrected chi connectivity index (χ2v) is 5.65. The highest BCUT2D eigenvalue weighted by Crippen LogP contribution is 2.36. The average Bonchev–Trinajstić information content (AvgIpc) is 2.98. The fourth-order valence-electron chi connectivity index (χ4n) is 1.97. The van der Waals surface area contributed by atoms with Crippen molar-refractivity contribution in [2.24, 2.45) is 11.8 Å². The van der Waals surface area contributed by atoms with Crippen LogP contribution in [0.3, 0.4) is 0 Å². The van der Waals surface area contributed by atoms with E-state index >= 15 is 0 Å². The average molecular weight is 320 g/mol. The summed E-state index contributed by atoms with van der Waals surface area (Å²) in [7, 11) is 0. The quantitative estimate of drug-likeness (QED) is 0.861. The number of halogens is 3. The molecule has 1 saturated carbocycles. The molecule has 0 aromatic heterocycles. The zero-order valence-electron chi connectivity index (χ0n) is 10.1. The molecule has 5 heteroatoms. The Morgan fingerprint density at radius 2 is 2.22 bits per heavy atom. The van der Waals surface area contributed by atoms with E-state index in [1.807, 2.05) is 0 Å². The molecule has 0 aliphatic heterocycles. The Hall–Kier alpha value is -0.680. The second-order valence-electron chi connectivity index (χ2n) is 4.73. The van der Waals surface area contributed by atoms with E-state index in [-0.39, 0.29) is 5.75 Å². The van der Waals surface area contributed by atoms with Gasteiger partial charge < -0.3 is 10.1 Å². The van der Waals surface area contributed by atoms with Crippen molar-refractivity contribution in [2.45, 2.75) is 26.5 Å². The maximum absolute atomic E-state index is 12.3. The van der Waals surface area contributed by atoms with E-state index < -0.39 is 6.61 Å². The normalized spacial score (nSPS) is 22.3. The minimum absolute atomic E-state index is 0.240. The molecule has 2 rings (SSSR count). The first-order chi connectivity index (χ1) is 8.56. The number of ether oxygens (including phenoxy) is 1. The maximum atomic E-state index is 12.3. The highest BCUT2D eigenvalue weighted by molar-refractivity contribution is 9.10. The summed E-state index contributed by atoms with van der Waals surface area (Å²) in [5.41, 5.74) is 0.748. The number of rotatable bonds is 6. The van der Waals surface area contributed by atoms with Gasteiger partial charge in [0.15, 0.2) is 0 Å². The Morgan fingerprint density at radius 3 is 2.83 bits per heavy atom. The van der Waals surface area contributed by atoms with Gasteiger partial charge in [-0.3, -0.25) is 0 Å². The number of hydrogen-bond donors (Lipinski definition) is 1. The molecule has 1 aliphatic carbocycles. The molecule has 100 valence electrons. The molecule has 0 radical (unpaired) electrons. The molecule has 1 aromatic rings. The molecular formula is C13H16BrF2NO. The van der Waals surface area contributed by atoms with Gasteiger partial charge in [0.1, 0.15) is 5.75 Å². The molecule has 1 N–H and O–H groups in total. The van der Waals surface area contributed by atoms with Crippen LogP contribution in [0, 0.1) is 11.8 Å². The van der Waals surface area contributed by atoms with Crippen LogP contribution in [0.5, 0.6) is 5.75 Å². The van der Waals surface area contributed by atoms with Gasteiger partial charge in [0, 0.05) is 16.6 Å². The predicted octanol–water partition coefficient (Wildman–Crippen LogP) is 3.80. The number of hydrogen-bond acceptors (Lipinski definition) is 2. The van der Waals surface area contributed by atoms with Crippen molar-refractivity contribution in [1.29, 1.82) is 0 Å². The number of nitrogens with one attached hydrogen (secondary N) is 1. The fraction of sp³-hybridized carbons (Fsp3) is 0.538. The Bertz CT molecular complexity index is 414. The van der Waals surface area contributed by atoms with Crippen LogP contribution in [0.15, 0.2) is 22.7 Å². The van der Waals surface area contributed by atoms with Gasteiger partial charge in [0.25, 0.3) is 0 Å². The number of benzene rings is 1. The molecule has 0 heterocycles. The van der Waals surface area contributed by atoms with Crippen molar-refractivity contribution in [3.63, 3.8) is 0 Å². The highest BCUT2D eigenvalue weighted by atomic mass is 79.9. The van der Waals surface area contributed by atoms with Gasteiger partial charge >= 0.3 is 6.61 Å². The molecule has 18 heavy (non-hydrogen) atoms. The first-order valence-electron chi connectivity index (χ1n) is 6.00. The molecule has 2 nitrogen and oxygen atoms in total. The minimum atomic E-state index is -2.78. The Morgan fingerprint density at radius 1 is 1.50 bits per heavy atom. The van der Waals surface area contributed by atoms with E-state index in [2.05, 4.69) is 32.9 Å². The van der Waals surface area contributed by atoms with E-state index in [0.717, 1.165) is 28.4 Å². The summed E-state index contributed by atoms with van der Waals surface area (Å²) in [6.45, 7) is 0.914. The Labute approximate surface area is 114 Å². The molecule has 1 aliphatic rings. The van der Waals surface area contributed by atoms with Gasteiger partial charge in [-0.25, -0.2) is 0 Å². The van der Waals surface area contributed by atoms with E-state index in [1.165, 1.54) is 6.42 Å². The zero-order valence-corrected chi connectivity index (χ0v) is 11.7. The molecule has 0 amide bonds. The first-order valence-corrected chi connectivity index (χ1v) is 6.79. The molecule has 1 fully saturated rings. The smallest absolute Gasteiger partial charge is 0.387 e. The first kappa shape index (κ1) is 13.7. The van der Waals surface area contributed by atoms with E-state index in [0.29, 0.717) is 6.54 Å². The molecule has 2 atom stereocenters. The Kier molecular flexibility index (Phi) is 4.56. The molecular weight excluding hydrogens is 304 g/mol. The summed E-state index contributed by atoms with van der Waals surface area (Å²) >= 11 is 3.33. The van der Waals surface area contributed by atoms with Crippen LogP contribution in [-0.4, -0.2) is 13.2 Å². The largest absolute Gasteiger partial charge is 0.434 e. The molecule has 1 aromatic carbocycles. The summed E-state index contributed by atoms with van der Waals surface area (Å²) in [4.78, 5) is 0. The van der Waals surface area contributed by atoms with Crippen molar-refractivity contribution in [3.8, 4) is 5.75 Å². The van der Waals surface area contributed by atoms with Crippen LogP contribution in [-0.2, 0) is 6.54 Å². The predicted molar refractivity (Wildman–Crippen MR) is 69.8 cm³/mol. The van der Waals surface area contributed by atoms with Crippen molar-refractivity contribution in [2.75, 3.05) is 6.54 Å². The third-order valence-corrected chi connectivity index (χ3v) is 3.73. The van der Waals surface area contributed by atoms with Crippen LogP contribution < -0.4 is 10.1 Å². The molecule has 0 saturated heterocycles. The van der Waals surface area contributed by atoms with Crippen LogP contribution >= 0.6 is 15.9 Å². The fourth-order valence-corrected chi connectivity index (χ4v) is 2.38. The van der Waals surface area contributed by atoms with Crippen molar-refractivity contribution >= 4 is 15.9 Å². The van der Waals surface area contributed by atoms with E-state index in [9.17, 15) is 8.78 Å². The third-order valence-electron chi connectivity index (χ3n) is 3.24. The lowest BCUT2D eigenvalue weighted by Gasteiger charge is -2.12. The van der Waals surface area contributed by atoms with Crippen LogP contribution in [0.1, 0.15) is 18.9 Å². The van der Waals surface area contributed by atoms with Crippen LogP contribution in [0.2, 0.25) is 0 Å². The van der Waals surface area contributed by atoms with Gasteiger partial charge in [-0.05, 0) is 43.0 Å². The summed E-state index contributed by atoms with van der Waals surface area (Å²) in [6.07, 6.45) is 1.26. The Balaban J connectivity index is 1.93. The summed E-state index contributed by atoms with van der Waals surface area (Å²) in [6, 6.07) is 5.07. The van der Waals surface area contributed by atoms with Crippen molar-refractivity contribution in [3.05, 3.63) is 28.2 Å². The molecule has 0 spiro atoms. The third kappa shape index (κ3) is 3.92. The van der Waals surface area contributed by atoms with Crippen LogP contribution in [0.25, 0.3) is 0 Å². The standard InChI is InChI=1S/C13H16BrF2NO/c1-8-4-9(8)6-17-7-10-5-11(14)2-3-12(10)18-13(15)16/h2-3,5,8-9,13,17H,4,6-7H2,1H3. The lowest BCUT2D eigenvalue weighted by molar-refractivity contribution is -0.0505. The van der Waals surface area contributed by atoms with Crippen LogP contribution in [0.4, 0.5) is 8.78 Å². The maximum Gasteiger partial charge on any atom is 0.387 e. The van der Waals surface area contributed by atoms with Crippen molar-refractivity contribution in [1.82, 2.24) is 5.32 Å². The molecule has 2 unspecified atom stereocenters. The lowest BCUT2D eigenvalue weighted by atomic mass is 10.2. The van der Waals surface area contributed by atoms with Gasteiger partial charge in [0.05, 0.1) is 0 Å². The lowest BCUT2D eigenvalue weighted by Crippen LogP contribution is -2.18. The monoisotopic (exact) mass is 319 g/mol. The highest BCUT2D eigenvalue weighted by Gasteiger charge is 2.31.